The molecule has 2 N–H and O–H groups in total. The van der Waals surface area contributed by atoms with Crippen LogP contribution in [0.25, 0.3) is 0 Å². The lowest BCUT2D eigenvalue weighted by atomic mass is 9.85. The molecule has 1 fully saturated rings. The Morgan fingerprint density at radius 2 is 1.64 bits per heavy atom. The third kappa shape index (κ3) is 6.26. The highest BCUT2D eigenvalue weighted by atomic mass is 16.6. The highest BCUT2D eigenvalue weighted by Crippen LogP contribution is 2.29. The van der Waals surface area contributed by atoms with Crippen molar-refractivity contribution >= 4 is 11.8 Å². The van der Waals surface area contributed by atoms with Crippen molar-refractivity contribution in [1.82, 2.24) is 5.32 Å². The molecule has 4 heteroatoms. The minimum absolute atomic E-state index is 0.307. The van der Waals surface area contributed by atoms with E-state index in [0.717, 1.165) is 25.7 Å². The molecule has 0 heterocycles. The maximum absolute atomic E-state index is 11.8. The van der Waals surface area contributed by atoms with Gasteiger partial charge in [-0.15, -0.1) is 0 Å². The second kappa shape index (κ2) is 8.11. The summed E-state index contributed by atoms with van der Waals surface area (Å²) in [6.07, 6.45) is 4.26. The van der Waals surface area contributed by atoms with Crippen molar-refractivity contribution in [2.75, 3.05) is 11.9 Å². The van der Waals surface area contributed by atoms with Gasteiger partial charge in [-0.1, -0.05) is 17.7 Å². The highest BCUT2D eigenvalue weighted by molar-refractivity contribution is 5.67. The summed E-state index contributed by atoms with van der Waals surface area (Å²) in [5.74, 6) is 0.547. The Hall–Kier alpha value is -1.71. The van der Waals surface area contributed by atoms with Crippen LogP contribution in [0, 0.1) is 26.7 Å². The number of amides is 1. The molecule has 140 valence electrons. The van der Waals surface area contributed by atoms with E-state index < -0.39 is 5.60 Å². The Kier molecular flexibility index (Phi) is 6.36. The van der Waals surface area contributed by atoms with Crippen molar-refractivity contribution in [1.29, 1.82) is 0 Å². The molecule has 1 aliphatic carbocycles. The van der Waals surface area contributed by atoms with E-state index >= 15 is 0 Å². The molecular weight excluding hydrogens is 312 g/mol. The Bertz CT molecular complexity index is 573. The van der Waals surface area contributed by atoms with Crippen molar-refractivity contribution < 1.29 is 9.53 Å². The molecule has 0 aliphatic heterocycles. The molecule has 1 amide bonds. The second-order valence-corrected chi connectivity index (χ2v) is 8.52. The Morgan fingerprint density at radius 1 is 1.08 bits per heavy atom. The summed E-state index contributed by atoms with van der Waals surface area (Å²) in [5, 5.41) is 6.67. The molecule has 0 aromatic heterocycles. The van der Waals surface area contributed by atoms with Gasteiger partial charge in [0.05, 0.1) is 0 Å². The molecule has 0 radical (unpaired) electrons. The summed E-state index contributed by atoms with van der Waals surface area (Å²) < 4.78 is 5.30. The normalized spacial score (nSPS) is 20.9. The molecule has 4 nitrogen and oxygen atoms in total. The van der Waals surface area contributed by atoms with E-state index in [1.807, 2.05) is 20.8 Å². The van der Waals surface area contributed by atoms with E-state index in [1.54, 1.807) is 0 Å². The fraction of sp³-hybridized carbons (Fsp3) is 0.667. The number of rotatable bonds is 4. The number of alkyl carbamates (subject to hydrolysis) is 1. The van der Waals surface area contributed by atoms with Gasteiger partial charge in [0, 0.05) is 18.3 Å². The molecule has 0 spiro atoms. The Balaban J connectivity index is 1.78. The fourth-order valence-corrected chi connectivity index (χ4v) is 3.66. The molecule has 2 rings (SSSR count). The Morgan fingerprint density at radius 3 is 2.16 bits per heavy atom. The largest absolute Gasteiger partial charge is 0.444 e. The second-order valence-electron chi connectivity index (χ2n) is 8.52. The van der Waals surface area contributed by atoms with Crippen molar-refractivity contribution in [2.45, 2.75) is 78.9 Å². The van der Waals surface area contributed by atoms with Crippen molar-refractivity contribution in [2.24, 2.45) is 5.92 Å². The molecular formula is C21H34N2O2. The third-order valence-corrected chi connectivity index (χ3v) is 4.81. The minimum Gasteiger partial charge on any atom is -0.444 e. The highest BCUT2D eigenvalue weighted by Gasteiger charge is 2.23. The van der Waals surface area contributed by atoms with E-state index in [0.29, 0.717) is 18.5 Å². The van der Waals surface area contributed by atoms with Gasteiger partial charge in [-0.3, -0.25) is 0 Å². The molecule has 0 unspecified atom stereocenters. The quantitative estimate of drug-likeness (QED) is 0.797. The van der Waals surface area contributed by atoms with Gasteiger partial charge < -0.3 is 15.4 Å². The van der Waals surface area contributed by atoms with Gasteiger partial charge >= 0.3 is 6.09 Å². The number of benzene rings is 1. The van der Waals surface area contributed by atoms with Crippen molar-refractivity contribution in [3.63, 3.8) is 0 Å². The first-order chi connectivity index (χ1) is 11.6. The average Bonchev–Trinajstić information content (AvgIpc) is 2.48. The summed E-state index contributed by atoms with van der Waals surface area (Å²) in [4.78, 5) is 11.8. The SMILES string of the molecule is Cc1cc(C)c(NC2CCC(CNC(=O)OC(C)(C)C)CC2)c(C)c1. The zero-order valence-corrected chi connectivity index (χ0v) is 16.7. The molecule has 0 saturated heterocycles. The van der Waals surface area contributed by atoms with Crippen LogP contribution in [0.2, 0.25) is 0 Å². The third-order valence-electron chi connectivity index (χ3n) is 4.81. The van der Waals surface area contributed by atoms with Gasteiger partial charge in [0.25, 0.3) is 0 Å². The number of nitrogens with one attached hydrogen (secondary N) is 2. The van der Waals surface area contributed by atoms with Gasteiger partial charge in [0.1, 0.15) is 5.60 Å². The summed E-state index contributed by atoms with van der Waals surface area (Å²) in [5.41, 5.74) is 4.82. The van der Waals surface area contributed by atoms with Crippen LogP contribution in [0.1, 0.15) is 63.1 Å². The molecule has 1 saturated carbocycles. The first-order valence-electron chi connectivity index (χ1n) is 9.45. The van der Waals surface area contributed by atoms with Gasteiger partial charge in [0.15, 0.2) is 0 Å². The fourth-order valence-electron chi connectivity index (χ4n) is 3.66. The molecule has 1 aromatic carbocycles. The number of hydrogen-bond donors (Lipinski definition) is 2. The summed E-state index contributed by atoms with van der Waals surface area (Å²) in [6, 6.07) is 5.01. The number of anilines is 1. The average molecular weight is 347 g/mol. The number of aryl methyl sites for hydroxylation is 3. The van der Waals surface area contributed by atoms with Crippen molar-refractivity contribution in [3.8, 4) is 0 Å². The van der Waals surface area contributed by atoms with Crippen LogP contribution in [0.4, 0.5) is 10.5 Å². The summed E-state index contributed by atoms with van der Waals surface area (Å²) in [7, 11) is 0. The number of ether oxygens (including phenoxy) is 1. The first kappa shape index (κ1) is 19.6. The molecule has 0 atom stereocenters. The van der Waals surface area contributed by atoms with Crippen LogP contribution in [0.5, 0.6) is 0 Å². The van der Waals surface area contributed by atoms with E-state index in [-0.39, 0.29) is 6.09 Å². The van der Waals surface area contributed by atoms with Crippen LogP contribution >= 0.6 is 0 Å². The lowest BCUT2D eigenvalue weighted by molar-refractivity contribution is 0.0515. The van der Waals surface area contributed by atoms with Gasteiger partial charge in [-0.25, -0.2) is 4.79 Å². The van der Waals surface area contributed by atoms with E-state index in [2.05, 4.69) is 43.5 Å². The first-order valence-corrected chi connectivity index (χ1v) is 9.45. The predicted molar refractivity (Wildman–Crippen MR) is 104 cm³/mol. The molecule has 0 bridgehead atoms. The molecule has 1 aliphatic rings. The predicted octanol–water partition coefficient (Wildman–Crippen LogP) is 5.11. The topological polar surface area (TPSA) is 50.4 Å². The lowest BCUT2D eigenvalue weighted by Gasteiger charge is -2.31. The van der Waals surface area contributed by atoms with Crippen LogP contribution in [-0.2, 0) is 4.74 Å². The number of hydrogen-bond acceptors (Lipinski definition) is 3. The standard InChI is InChI=1S/C21H34N2O2/c1-14-11-15(2)19(16(3)12-14)23-18-9-7-17(8-10-18)13-22-20(24)25-21(4,5)6/h11-12,17-18,23H,7-10,13H2,1-6H3,(H,22,24). The molecule has 1 aromatic rings. The van der Waals surface area contributed by atoms with Crippen LogP contribution in [0.3, 0.4) is 0 Å². The number of carbonyl (C=O) groups is 1. The maximum atomic E-state index is 11.8. The van der Waals surface area contributed by atoms with Gasteiger partial charge in [0.2, 0.25) is 0 Å². The maximum Gasteiger partial charge on any atom is 0.407 e. The van der Waals surface area contributed by atoms with E-state index in [9.17, 15) is 4.79 Å². The minimum atomic E-state index is -0.435. The van der Waals surface area contributed by atoms with Gasteiger partial charge in [-0.05, 0) is 84.3 Å². The Labute approximate surface area is 152 Å². The van der Waals surface area contributed by atoms with Crippen LogP contribution in [-0.4, -0.2) is 24.3 Å². The van der Waals surface area contributed by atoms with Crippen LogP contribution in [0.15, 0.2) is 12.1 Å². The summed E-state index contributed by atoms with van der Waals surface area (Å²) in [6.45, 7) is 12.9. The zero-order chi connectivity index (χ0) is 18.6. The van der Waals surface area contributed by atoms with Crippen LogP contribution < -0.4 is 10.6 Å². The smallest absolute Gasteiger partial charge is 0.407 e. The van der Waals surface area contributed by atoms with E-state index in [1.165, 1.54) is 22.4 Å². The number of carbonyl (C=O) groups excluding carboxylic acids is 1. The van der Waals surface area contributed by atoms with Crippen molar-refractivity contribution in [3.05, 3.63) is 28.8 Å². The molecule has 25 heavy (non-hydrogen) atoms. The lowest BCUT2D eigenvalue weighted by Crippen LogP contribution is -2.37. The van der Waals surface area contributed by atoms with E-state index in [4.69, 9.17) is 4.74 Å². The van der Waals surface area contributed by atoms with Gasteiger partial charge in [-0.2, -0.15) is 0 Å². The zero-order valence-electron chi connectivity index (χ0n) is 16.7. The summed E-state index contributed by atoms with van der Waals surface area (Å²) >= 11 is 0. The monoisotopic (exact) mass is 346 g/mol.